The number of aromatic amines is 1. The maximum atomic E-state index is 11.9. The first-order valence-corrected chi connectivity index (χ1v) is 6.07. The van der Waals surface area contributed by atoms with Gasteiger partial charge >= 0.3 is 0 Å². The fraction of sp³-hybridized carbons (Fsp3) is 0.133. The summed E-state index contributed by atoms with van der Waals surface area (Å²) >= 11 is 0. The van der Waals surface area contributed by atoms with Gasteiger partial charge in [-0.2, -0.15) is 5.26 Å². The molecule has 0 fully saturated rings. The highest BCUT2D eigenvalue weighted by molar-refractivity contribution is 5.93. The molecule has 1 aromatic heterocycles. The van der Waals surface area contributed by atoms with E-state index >= 15 is 0 Å². The number of nitrogens with zero attached hydrogens (tertiary/aromatic N) is 1. The van der Waals surface area contributed by atoms with Crippen molar-refractivity contribution in [3.05, 3.63) is 69.1 Å². The van der Waals surface area contributed by atoms with Crippen LogP contribution in [0.1, 0.15) is 27.2 Å². The number of H-pyrrole nitrogens is 1. The Morgan fingerprint density at radius 2 is 2.15 bits per heavy atom. The lowest BCUT2D eigenvalue weighted by molar-refractivity contribution is 0.0949. The van der Waals surface area contributed by atoms with Crippen molar-refractivity contribution in [3.8, 4) is 6.07 Å². The van der Waals surface area contributed by atoms with Crippen molar-refractivity contribution in [3.63, 3.8) is 0 Å². The number of pyridine rings is 1. The van der Waals surface area contributed by atoms with Crippen LogP contribution in [0.4, 0.5) is 0 Å². The second kappa shape index (κ2) is 5.85. The zero-order chi connectivity index (χ0) is 14.5. The third-order valence-electron chi connectivity index (χ3n) is 2.81. The molecule has 0 unspecified atom stereocenters. The molecule has 0 saturated heterocycles. The van der Waals surface area contributed by atoms with Gasteiger partial charge in [-0.1, -0.05) is 12.1 Å². The summed E-state index contributed by atoms with van der Waals surface area (Å²) in [6.45, 7) is 2.01. The van der Waals surface area contributed by atoms with Crippen molar-refractivity contribution in [2.45, 2.75) is 13.5 Å². The Hall–Kier alpha value is -2.87. The Bertz CT molecular complexity index is 741. The fourth-order valence-electron chi connectivity index (χ4n) is 1.78. The summed E-state index contributed by atoms with van der Waals surface area (Å²) in [5, 5.41) is 11.5. The summed E-state index contributed by atoms with van der Waals surface area (Å²) < 4.78 is 0. The quantitative estimate of drug-likeness (QED) is 0.883. The number of benzene rings is 1. The summed E-state index contributed by atoms with van der Waals surface area (Å²) in [7, 11) is 0. The third-order valence-corrected chi connectivity index (χ3v) is 2.81. The average molecular weight is 267 g/mol. The van der Waals surface area contributed by atoms with Crippen LogP contribution in [-0.4, -0.2) is 10.9 Å². The van der Waals surface area contributed by atoms with Gasteiger partial charge in [-0.15, -0.1) is 0 Å². The van der Waals surface area contributed by atoms with E-state index in [1.54, 1.807) is 37.3 Å². The smallest absolute Gasteiger partial charge is 0.260 e. The van der Waals surface area contributed by atoms with Gasteiger partial charge in [0.15, 0.2) is 0 Å². The third kappa shape index (κ3) is 3.12. The lowest BCUT2D eigenvalue weighted by atomic mass is 10.1. The van der Waals surface area contributed by atoms with Crippen LogP contribution >= 0.6 is 0 Å². The number of hydrogen-bond donors (Lipinski definition) is 2. The van der Waals surface area contributed by atoms with Crippen molar-refractivity contribution < 1.29 is 4.79 Å². The Kier molecular flexibility index (Phi) is 3.96. The topological polar surface area (TPSA) is 85.8 Å². The zero-order valence-electron chi connectivity index (χ0n) is 10.9. The van der Waals surface area contributed by atoms with E-state index in [1.165, 1.54) is 6.07 Å². The lowest BCUT2D eigenvalue weighted by Gasteiger charge is -2.05. The van der Waals surface area contributed by atoms with Gasteiger partial charge in [0.25, 0.3) is 11.5 Å². The zero-order valence-corrected chi connectivity index (χ0v) is 10.9. The molecule has 5 nitrogen and oxygen atoms in total. The van der Waals surface area contributed by atoms with Crippen LogP contribution in [0.25, 0.3) is 0 Å². The number of hydrogen-bond acceptors (Lipinski definition) is 3. The number of nitriles is 1. The first-order valence-electron chi connectivity index (χ1n) is 6.07. The molecule has 2 rings (SSSR count). The van der Waals surface area contributed by atoms with Crippen LogP contribution < -0.4 is 10.9 Å². The monoisotopic (exact) mass is 267 g/mol. The molecule has 100 valence electrons. The Labute approximate surface area is 115 Å². The van der Waals surface area contributed by atoms with Crippen molar-refractivity contribution in [1.82, 2.24) is 10.3 Å². The highest BCUT2D eigenvalue weighted by atomic mass is 16.2. The second-order valence-electron chi connectivity index (χ2n) is 4.38. The number of rotatable bonds is 3. The minimum Gasteiger partial charge on any atom is -0.348 e. The molecule has 1 amide bonds. The summed E-state index contributed by atoms with van der Waals surface area (Å²) in [6.07, 6.45) is 0. The molecular weight excluding hydrogens is 254 g/mol. The van der Waals surface area contributed by atoms with Crippen LogP contribution in [-0.2, 0) is 6.54 Å². The summed E-state index contributed by atoms with van der Waals surface area (Å²) in [5.41, 5.74) is 1.71. The number of aromatic nitrogens is 1. The van der Waals surface area contributed by atoms with Crippen molar-refractivity contribution >= 4 is 5.91 Å². The number of carbonyl (C=O) groups excluding carboxylic acids is 1. The van der Waals surface area contributed by atoms with E-state index in [0.29, 0.717) is 11.3 Å². The highest BCUT2D eigenvalue weighted by Crippen LogP contribution is 2.04. The van der Waals surface area contributed by atoms with Crippen LogP contribution in [0.3, 0.4) is 0 Å². The maximum absolute atomic E-state index is 11.9. The Balaban J connectivity index is 2.09. The normalized spacial score (nSPS) is 9.80. The van der Waals surface area contributed by atoms with Crippen molar-refractivity contribution in [2.24, 2.45) is 0 Å². The molecule has 0 atom stereocenters. The van der Waals surface area contributed by atoms with Gasteiger partial charge in [-0.05, 0) is 36.8 Å². The van der Waals surface area contributed by atoms with Crippen molar-refractivity contribution in [2.75, 3.05) is 0 Å². The van der Waals surface area contributed by atoms with Gasteiger partial charge in [0.05, 0.1) is 11.6 Å². The largest absolute Gasteiger partial charge is 0.348 e. The molecular formula is C15H13N3O2. The lowest BCUT2D eigenvalue weighted by Crippen LogP contribution is -2.29. The van der Waals surface area contributed by atoms with Gasteiger partial charge < -0.3 is 10.3 Å². The number of amides is 1. The van der Waals surface area contributed by atoms with E-state index in [2.05, 4.69) is 10.3 Å². The van der Waals surface area contributed by atoms with E-state index in [4.69, 9.17) is 5.26 Å². The van der Waals surface area contributed by atoms with E-state index < -0.39 is 11.5 Å². The predicted molar refractivity (Wildman–Crippen MR) is 74.1 cm³/mol. The minimum atomic E-state index is -0.436. The molecule has 0 bridgehead atoms. The minimum absolute atomic E-state index is 0.0760. The second-order valence-corrected chi connectivity index (χ2v) is 4.38. The van der Waals surface area contributed by atoms with Crippen LogP contribution in [0.15, 0.2) is 41.2 Å². The van der Waals surface area contributed by atoms with E-state index in [1.807, 2.05) is 6.07 Å². The molecule has 0 aliphatic rings. The molecule has 2 N–H and O–H groups in total. The van der Waals surface area contributed by atoms with Crippen molar-refractivity contribution in [1.29, 1.82) is 5.26 Å². The van der Waals surface area contributed by atoms with Crippen LogP contribution in [0.5, 0.6) is 0 Å². The van der Waals surface area contributed by atoms with E-state index in [-0.39, 0.29) is 12.1 Å². The molecule has 0 aliphatic heterocycles. The Morgan fingerprint density at radius 3 is 2.85 bits per heavy atom. The van der Waals surface area contributed by atoms with Crippen LogP contribution in [0, 0.1) is 18.3 Å². The fourth-order valence-corrected chi connectivity index (χ4v) is 1.78. The standard InChI is InChI=1S/C15H13N3O2/c1-10-5-6-13(15(20)18-10)14(19)17-9-12-4-2-3-11(7-12)8-16/h2-7H,9H2,1H3,(H,17,19)(H,18,20). The molecule has 1 heterocycles. The summed E-state index contributed by atoms with van der Waals surface area (Å²) in [6, 6.07) is 12.1. The maximum Gasteiger partial charge on any atom is 0.260 e. The highest BCUT2D eigenvalue weighted by Gasteiger charge is 2.09. The Morgan fingerprint density at radius 1 is 1.35 bits per heavy atom. The molecule has 5 heteroatoms. The number of nitrogens with one attached hydrogen (secondary N) is 2. The van der Waals surface area contributed by atoms with Gasteiger partial charge in [-0.25, -0.2) is 0 Å². The molecule has 1 aromatic carbocycles. The van der Waals surface area contributed by atoms with Gasteiger partial charge in [0.1, 0.15) is 5.56 Å². The number of aryl methyl sites for hydroxylation is 1. The molecule has 2 aromatic rings. The number of carbonyl (C=O) groups is 1. The predicted octanol–water partition coefficient (Wildman–Crippen LogP) is 1.48. The van der Waals surface area contributed by atoms with Gasteiger partial charge in [-0.3, -0.25) is 9.59 Å². The summed E-state index contributed by atoms with van der Waals surface area (Å²) in [5.74, 6) is -0.436. The molecule has 20 heavy (non-hydrogen) atoms. The van der Waals surface area contributed by atoms with E-state index in [0.717, 1.165) is 5.56 Å². The van der Waals surface area contributed by atoms with Gasteiger partial charge in [0.2, 0.25) is 0 Å². The first kappa shape index (κ1) is 13.6. The molecule has 0 aliphatic carbocycles. The molecule has 0 radical (unpaired) electrons. The summed E-state index contributed by atoms with van der Waals surface area (Å²) in [4.78, 5) is 26.1. The van der Waals surface area contributed by atoms with E-state index in [9.17, 15) is 9.59 Å². The molecule has 0 spiro atoms. The molecule has 0 saturated carbocycles. The van der Waals surface area contributed by atoms with Gasteiger partial charge in [0, 0.05) is 12.2 Å². The SMILES string of the molecule is Cc1ccc(C(=O)NCc2cccc(C#N)c2)c(=O)[nH]1. The van der Waals surface area contributed by atoms with Crippen LogP contribution in [0.2, 0.25) is 0 Å². The first-order chi connectivity index (χ1) is 9.60. The average Bonchev–Trinajstić information content (AvgIpc) is 2.45.